The second kappa shape index (κ2) is 12.7. The van der Waals surface area contributed by atoms with Crippen molar-refractivity contribution in [3.63, 3.8) is 0 Å². The lowest BCUT2D eigenvalue weighted by Gasteiger charge is -2.26. The molecule has 0 spiro atoms. The first kappa shape index (κ1) is 29.4. The summed E-state index contributed by atoms with van der Waals surface area (Å²) in [5.41, 5.74) is 14.5. The molecule has 4 heteroatoms. The number of nitrogens with zero attached hydrogens (tertiary/aromatic N) is 4. The number of hydrogen-bond acceptors (Lipinski definition) is 3. The molecule has 0 radical (unpaired) electrons. The van der Waals surface area contributed by atoms with Crippen LogP contribution in [0, 0.1) is 0 Å². The fourth-order valence-corrected chi connectivity index (χ4v) is 6.91. The van der Waals surface area contributed by atoms with Gasteiger partial charge in [0.15, 0.2) is 0 Å². The topological polar surface area (TPSA) is 34.0 Å². The van der Waals surface area contributed by atoms with Crippen molar-refractivity contribution in [1.82, 2.24) is 14.5 Å². The van der Waals surface area contributed by atoms with E-state index in [4.69, 9.17) is 0 Å². The van der Waals surface area contributed by atoms with Crippen LogP contribution in [0.25, 0.3) is 61.0 Å². The molecule has 0 bridgehead atoms. The molecule has 0 unspecified atom stereocenters. The van der Waals surface area contributed by atoms with Gasteiger partial charge in [-0.25, -0.2) is 9.97 Å². The molecule has 2 aromatic heterocycles. The van der Waals surface area contributed by atoms with Crippen molar-refractivity contribution in [2.45, 2.75) is 0 Å². The maximum atomic E-state index is 4.62. The summed E-state index contributed by atoms with van der Waals surface area (Å²) in [6.07, 6.45) is 3.52. The molecule has 0 amide bonds. The summed E-state index contributed by atoms with van der Waals surface area (Å²) in [5.74, 6) is 0. The quantitative estimate of drug-likeness (QED) is 0.174. The van der Waals surface area contributed by atoms with E-state index in [9.17, 15) is 0 Å². The standard InChI is InChI=1S/C46H32N4/c1-3-10-33(11-4-1)35-18-24-39(25-19-35)49(40-26-20-36(21-27-40)34-12-5-2-6-13-34)41-28-22-37(23-29-41)38-14-9-15-42(30-38)50-44-17-8-7-16-43(44)46-45(50)31-47-32-48-46/h1-32H. The minimum absolute atomic E-state index is 0.957. The third-order valence-corrected chi connectivity index (χ3v) is 9.36. The van der Waals surface area contributed by atoms with E-state index in [1.807, 2.05) is 6.20 Å². The van der Waals surface area contributed by atoms with E-state index < -0.39 is 0 Å². The molecule has 0 aliphatic heterocycles. The number of anilines is 3. The maximum Gasteiger partial charge on any atom is 0.116 e. The first-order chi connectivity index (χ1) is 24.8. The van der Waals surface area contributed by atoms with Gasteiger partial charge in [-0.3, -0.25) is 0 Å². The van der Waals surface area contributed by atoms with Crippen LogP contribution in [-0.2, 0) is 0 Å². The van der Waals surface area contributed by atoms with Crippen molar-refractivity contribution in [3.8, 4) is 39.1 Å². The van der Waals surface area contributed by atoms with Crippen LogP contribution in [0.4, 0.5) is 17.1 Å². The summed E-state index contributed by atoms with van der Waals surface area (Å²) in [5, 5.41) is 1.12. The second-order valence-electron chi connectivity index (χ2n) is 12.4. The predicted octanol–water partition coefficient (Wildman–Crippen LogP) is 12.0. The molecule has 0 N–H and O–H groups in total. The number of fused-ring (bicyclic) bond motifs is 3. The Labute approximate surface area is 291 Å². The van der Waals surface area contributed by atoms with Gasteiger partial charge in [-0.05, 0) is 88.0 Å². The van der Waals surface area contributed by atoms with Gasteiger partial charge in [0.05, 0.1) is 22.7 Å². The van der Waals surface area contributed by atoms with Crippen LogP contribution in [0.15, 0.2) is 195 Å². The Morgan fingerprint density at radius 2 is 0.880 bits per heavy atom. The minimum Gasteiger partial charge on any atom is -0.311 e. The summed E-state index contributed by atoms with van der Waals surface area (Å²) >= 11 is 0. The highest BCUT2D eigenvalue weighted by Gasteiger charge is 2.16. The van der Waals surface area contributed by atoms with Crippen LogP contribution in [0.2, 0.25) is 0 Å². The number of benzene rings is 7. The van der Waals surface area contributed by atoms with Gasteiger partial charge in [0, 0.05) is 28.1 Å². The molecule has 0 aliphatic rings. The summed E-state index contributed by atoms with van der Waals surface area (Å²) in [6.45, 7) is 0. The summed E-state index contributed by atoms with van der Waals surface area (Å²) in [4.78, 5) is 11.3. The summed E-state index contributed by atoms with van der Waals surface area (Å²) in [6, 6.07) is 64.6. The number of aromatic nitrogens is 3. The van der Waals surface area contributed by atoms with E-state index in [1.165, 1.54) is 22.3 Å². The van der Waals surface area contributed by atoms with E-state index in [0.717, 1.165) is 55.8 Å². The molecule has 7 aromatic carbocycles. The van der Waals surface area contributed by atoms with Crippen molar-refractivity contribution in [2.24, 2.45) is 0 Å². The lowest BCUT2D eigenvalue weighted by Crippen LogP contribution is -2.09. The first-order valence-electron chi connectivity index (χ1n) is 16.8. The number of para-hydroxylation sites is 1. The Kier molecular flexibility index (Phi) is 7.45. The van der Waals surface area contributed by atoms with Gasteiger partial charge in [0.2, 0.25) is 0 Å². The molecule has 0 saturated heterocycles. The molecular weight excluding hydrogens is 609 g/mol. The zero-order valence-corrected chi connectivity index (χ0v) is 27.3. The van der Waals surface area contributed by atoms with Crippen molar-refractivity contribution in [1.29, 1.82) is 0 Å². The highest BCUT2D eigenvalue weighted by atomic mass is 15.1. The summed E-state index contributed by atoms with van der Waals surface area (Å²) in [7, 11) is 0. The number of hydrogen-bond donors (Lipinski definition) is 0. The molecule has 0 atom stereocenters. The highest BCUT2D eigenvalue weighted by molar-refractivity contribution is 6.06. The summed E-state index contributed by atoms with van der Waals surface area (Å²) < 4.78 is 2.25. The van der Waals surface area contributed by atoms with Gasteiger partial charge < -0.3 is 9.47 Å². The van der Waals surface area contributed by atoms with Crippen LogP contribution in [0.3, 0.4) is 0 Å². The van der Waals surface area contributed by atoms with Crippen molar-refractivity contribution >= 4 is 39.0 Å². The minimum atomic E-state index is 0.957. The molecule has 0 fully saturated rings. The van der Waals surface area contributed by atoms with Gasteiger partial charge in [0.1, 0.15) is 6.33 Å². The van der Waals surface area contributed by atoms with E-state index in [-0.39, 0.29) is 0 Å². The van der Waals surface area contributed by atoms with E-state index in [0.29, 0.717) is 0 Å². The average molecular weight is 641 g/mol. The van der Waals surface area contributed by atoms with Gasteiger partial charge in [0.25, 0.3) is 0 Å². The highest BCUT2D eigenvalue weighted by Crippen LogP contribution is 2.38. The molecule has 236 valence electrons. The van der Waals surface area contributed by atoms with Crippen LogP contribution < -0.4 is 4.90 Å². The Morgan fingerprint density at radius 3 is 1.46 bits per heavy atom. The molecule has 0 aliphatic carbocycles. The molecule has 4 nitrogen and oxygen atoms in total. The molecule has 9 rings (SSSR count). The van der Waals surface area contributed by atoms with E-state index in [1.54, 1.807) is 6.33 Å². The third-order valence-electron chi connectivity index (χ3n) is 9.36. The van der Waals surface area contributed by atoms with Crippen LogP contribution in [-0.4, -0.2) is 14.5 Å². The number of rotatable bonds is 7. The zero-order valence-electron chi connectivity index (χ0n) is 27.3. The fourth-order valence-electron chi connectivity index (χ4n) is 6.91. The van der Waals surface area contributed by atoms with Gasteiger partial charge in [-0.15, -0.1) is 0 Å². The molecular formula is C46H32N4. The second-order valence-corrected chi connectivity index (χ2v) is 12.4. The van der Waals surface area contributed by atoms with Crippen molar-refractivity contribution in [2.75, 3.05) is 4.90 Å². The Balaban J connectivity index is 1.09. The molecule has 9 aromatic rings. The van der Waals surface area contributed by atoms with E-state index >= 15 is 0 Å². The zero-order chi connectivity index (χ0) is 33.3. The Morgan fingerprint density at radius 1 is 0.400 bits per heavy atom. The van der Waals surface area contributed by atoms with Crippen molar-refractivity contribution < 1.29 is 0 Å². The van der Waals surface area contributed by atoms with Gasteiger partial charge >= 0.3 is 0 Å². The van der Waals surface area contributed by atoms with Crippen LogP contribution >= 0.6 is 0 Å². The molecule has 2 heterocycles. The monoisotopic (exact) mass is 640 g/mol. The lowest BCUT2D eigenvalue weighted by atomic mass is 10.0. The van der Waals surface area contributed by atoms with Gasteiger partial charge in [-0.1, -0.05) is 127 Å². The lowest BCUT2D eigenvalue weighted by molar-refractivity contribution is 1.14. The molecule has 0 saturated carbocycles. The van der Waals surface area contributed by atoms with Crippen LogP contribution in [0.5, 0.6) is 0 Å². The normalized spacial score (nSPS) is 11.2. The largest absolute Gasteiger partial charge is 0.311 e. The molecule has 50 heavy (non-hydrogen) atoms. The Hall–Kier alpha value is -6.78. The third kappa shape index (κ3) is 5.39. The first-order valence-corrected chi connectivity index (χ1v) is 16.8. The maximum absolute atomic E-state index is 4.62. The average Bonchev–Trinajstić information content (AvgIpc) is 3.54. The van der Waals surface area contributed by atoms with Crippen molar-refractivity contribution in [3.05, 3.63) is 195 Å². The van der Waals surface area contributed by atoms with Crippen LogP contribution in [0.1, 0.15) is 0 Å². The predicted molar refractivity (Wildman–Crippen MR) is 207 cm³/mol. The fraction of sp³-hybridized carbons (Fsp3) is 0. The van der Waals surface area contributed by atoms with Gasteiger partial charge in [-0.2, -0.15) is 0 Å². The Bertz CT molecular complexity index is 2420. The smallest absolute Gasteiger partial charge is 0.116 e. The van der Waals surface area contributed by atoms with E-state index in [2.05, 4.69) is 201 Å². The SMILES string of the molecule is c1ccc(-c2ccc(N(c3ccc(-c4ccccc4)cc3)c3ccc(-c4cccc(-n5c6ccccc6c6ncncc65)c4)cc3)cc2)cc1.